The van der Waals surface area contributed by atoms with Gasteiger partial charge in [-0.1, -0.05) is 12.1 Å². The zero-order valence-electron chi connectivity index (χ0n) is 15.2. The van der Waals surface area contributed by atoms with Crippen LogP contribution in [0.15, 0.2) is 48.2 Å². The Morgan fingerprint density at radius 2 is 2.07 bits per heavy atom. The number of aromatic nitrogens is 4. The van der Waals surface area contributed by atoms with Crippen molar-refractivity contribution < 1.29 is 13.2 Å². The molecule has 3 N–H and O–H groups in total. The van der Waals surface area contributed by atoms with E-state index in [0.717, 1.165) is 11.8 Å². The van der Waals surface area contributed by atoms with E-state index in [1.54, 1.807) is 42.9 Å². The number of anilines is 2. The first-order valence-electron chi connectivity index (χ1n) is 8.48. The molecule has 29 heavy (non-hydrogen) atoms. The van der Waals surface area contributed by atoms with Gasteiger partial charge in [0.1, 0.15) is 5.52 Å². The van der Waals surface area contributed by atoms with E-state index in [4.69, 9.17) is 0 Å². The van der Waals surface area contributed by atoms with Crippen LogP contribution in [-0.4, -0.2) is 40.5 Å². The largest absolute Gasteiger partial charge is 0.344 e. The van der Waals surface area contributed by atoms with Gasteiger partial charge in [-0.25, -0.2) is 18.4 Å². The first-order chi connectivity index (χ1) is 13.9. The molecule has 0 aliphatic rings. The molecule has 3 aromatic heterocycles. The average Bonchev–Trinajstić information content (AvgIpc) is 3.27. The predicted octanol–water partition coefficient (Wildman–Crippen LogP) is 2.63. The predicted molar refractivity (Wildman–Crippen MR) is 112 cm³/mol. The van der Waals surface area contributed by atoms with Gasteiger partial charge in [0.05, 0.1) is 18.4 Å². The second-order valence-corrected chi connectivity index (χ2v) is 8.90. The third-order valence-electron chi connectivity index (χ3n) is 3.93. The fourth-order valence-electron chi connectivity index (χ4n) is 2.81. The number of benzene rings is 1. The van der Waals surface area contributed by atoms with Gasteiger partial charge < -0.3 is 10.3 Å². The molecule has 3 heterocycles. The van der Waals surface area contributed by atoms with E-state index in [2.05, 4.69) is 30.0 Å². The molecular formula is C18H16N6O3S2. The van der Waals surface area contributed by atoms with Crippen molar-refractivity contribution in [3.05, 3.63) is 53.8 Å². The van der Waals surface area contributed by atoms with Crippen LogP contribution in [0.1, 0.15) is 5.56 Å². The minimum atomic E-state index is -3.38. The van der Waals surface area contributed by atoms with Gasteiger partial charge in [-0.15, -0.1) is 11.3 Å². The molecule has 1 aromatic carbocycles. The standard InChI is InChI=1S/C18H16N6O3S2/c1-29(26,27)24-12-4-2-3-11(7-12)8-15(25)23-18-22-14(10-28-18)13-9-21-17-16(13)19-5-6-20-17/h2-7,9-10,24H,8H2,1H3,(H,20,21)(H,22,23,25). The van der Waals surface area contributed by atoms with E-state index < -0.39 is 10.0 Å². The number of hydrogen-bond acceptors (Lipinski definition) is 7. The molecule has 0 spiro atoms. The number of thiazole rings is 1. The summed E-state index contributed by atoms with van der Waals surface area (Å²) in [5.74, 6) is -0.249. The van der Waals surface area contributed by atoms with Crippen LogP contribution >= 0.6 is 11.3 Å². The molecule has 0 atom stereocenters. The summed E-state index contributed by atoms with van der Waals surface area (Å²) in [7, 11) is -3.38. The molecule has 9 nitrogen and oxygen atoms in total. The van der Waals surface area contributed by atoms with Crippen LogP contribution in [0.25, 0.3) is 22.4 Å². The van der Waals surface area contributed by atoms with E-state index in [-0.39, 0.29) is 12.3 Å². The molecule has 148 valence electrons. The summed E-state index contributed by atoms with van der Waals surface area (Å²) in [4.78, 5) is 28.4. The van der Waals surface area contributed by atoms with Crippen LogP contribution in [0.2, 0.25) is 0 Å². The number of H-pyrrole nitrogens is 1. The Morgan fingerprint density at radius 1 is 1.24 bits per heavy atom. The molecule has 0 aliphatic heterocycles. The normalized spacial score (nSPS) is 11.5. The Labute approximate surface area is 170 Å². The van der Waals surface area contributed by atoms with Crippen LogP contribution in [0.3, 0.4) is 0 Å². The number of amides is 1. The minimum Gasteiger partial charge on any atom is -0.344 e. The van der Waals surface area contributed by atoms with E-state index >= 15 is 0 Å². The van der Waals surface area contributed by atoms with Gasteiger partial charge in [0, 0.05) is 35.2 Å². The Hall–Kier alpha value is -3.31. The van der Waals surface area contributed by atoms with Crippen LogP contribution in [-0.2, 0) is 21.2 Å². The summed E-state index contributed by atoms with van der Waals surface area (Å²) in [6.45, 7) is 0. The number of nitrogens with zero attached hydrogens (tertiary/aromatic N) is 3. The Morgan fingerprint density at radius 3 is 2.90 bits per heavy atom. The number of carbonyl (C=O) groups excluding carboxylic acids is 1. The van der Waals surface area contributed by atoms with Crippen molar-refractivity contribution in [1.82, 2.24) is 19.9 Å². The highest BCUT2D eigenvalue weighted by Crippen LogP contribution is 2.29. The van der Waals surface area contributed by atoms with E-state index in [9.17, 15) is 13.2 Å². The van der Waals surface area contributed by atoms with Crippen molar-refractivity contribution in [3.8, 4) is 11.3 Å². The second-order valence-electron chi connectivity index (χ2n) is 6.29. The van der Waals surface area contributed by atoms with Crippen LogP contribution in [0.5, 0.6) is 0 Å². The lowest BCUT2D eigenvalue weighted by Gasteiger charge is -2.06. The summed E-state index contributed by atoms with van der Waals surface area (Å²) >= 11 is 1.31. The van der Waals surface area contributed by atoms with Crippen molar-refractivity contribution in [2.24, 2.45) is 0 Å². The van der Waals surface area contributed by atoms with Crippen LogP contribution in [0, 0.1) is 0 Å². The maximum absolute atomic E-state index is 12.4. The molecule has 0 radical (unpaired) electrons. The molecule has 4 aromatic rings. The monoisotopic (exact) mass is 428 g/mol. The number of nitrogens with one attached hydrogen (secondary N) is 3. The lowest BCUT2D eigenvalue weighted by molar-refractivity contribution is -0.115. The molecule has 0 fully saturated rings. The highest BCUT2D eigenvalue weighted by Gasteiger charge is 2.13. The fraction of sp³-hybridized carbons (Fsp3) is 0.111. The maximum atomic E-state index is 12.4. The van der Waals surface area contributed by atoms with Crippen LogP contribution in [0.4, 0.5) is 10.8 Å². The molecule has 4 rings (SSSR count). The van der Waals surface area contributed by atoms with Gasteiger partial charge in [0.15, 0.2) is 10.8 Å². The van der Waals surface area contributed by atoms with Crippen molar-refractivity contribution >= 4 is 49.3 Å². The van der Waals surface area contributed by atoms with E-state index in [0.29, 0.717) is 33.2 Å². The number of rotatable bonds is 6. The Kier molecular flexibility index (Phi) is 4.99. The van der Waals surface area contributed by atoms with Gasteiger partial charge in [0.2, 0.25) is 15.9 Å². The van der Waals surface area contributed by atoms with Crippen molar-refractivity contribution in [3.63, 3.8) is 0 Å². The highest BCUT2D eigenvalue weighted by atomic mass is 32.2. The molecule has 0 bridgehead atoms. The van der Waals surface area contributed by atoms with E-state index in [1.165, 1.54) is 11.3 Å². The third kappa shape index (κ3) is 4.58. The first kappa shape index (κ1) is 19.0. The molecule has 11 heteroatoms. The van der Waals surface area contributed by atoms with Gasteiger partial charge >= 0.3 is 0 Å². The summed E-state index contributed by atoms with van der Waals surface area (Å²) in [5, 5.41) is 5.08. The van der Waals surface area contributed by atoms with Gasteiger partial charge in [-0.2, -0.15) is 0 Å². The van der Waals surface area contributed by atoms with Gasteiger partial charge in [0.25, 0.3) is 0 Å². The summed E-state index contributed by atoms with van der Waals surface area (Å²) in [6.07, 6.45) is 6.17. The summed E-state index contributed by atoms with van der Waals surface area (Å²) in [5.41, 5.74) is 3.98. The lowest BCUT2D eigenvalue weighted by Crippen LogP contribution is -2.15. The van der Waals surface area contributed by atoms with Gasteiger partial charge in [-0.3, -0.25) is 14.5 Å². The number of sulfonamides is 1. The van der Waals surface area contributed by atoms with Gasteiger partial charge in [-0.05, 0) is 17.7 Å². The van der Waals surface area contributed by atoms with Crippen molar-refractivity contribution in [2.45, 2.75) is 6.42 Å². The molecule has 0 saturated carbocycles. The molecule has 0 saturated heterocycles. The fourth-order valence-corrected chi connectivity index (χ4v) is 4.09. The average molecular weight is 428 g/mol. The van der Waals surface area contributed by atoms with E-state index in [1.807, 2.05) is 5.38 Å². The molecular weight excluding hydrogens is 412 g/mol. The number of carbonyl (C=O) groups is 1. The Bertz CT molecular complexity index is 1300. The zero-order chi connectivity index (χ0) is 20.4. The quantitative estimate of drug-likeness (QED) is 0.433. The van der Waals surface area contributed by atoms with Crippen LogP contribution < -0.4 is 10.0 Å². The number of fused-ring (bicyclic) bond motifs is 1. The smallest absolute Gasteiger partial charge is 0.230 e. The SMILES string of the molecule is CS(=O)(=O)Nc1cccc(CC(=O)Nc2nc(-c3c[nH]c4nccnc34)cs2)c1. The lowest BCUT2D eigenvalue weighted by atomic mass is 10.1. The highest BCUT2D eigenvalue weighted by molar-refractivity contribution is 7.92. The zero-order valence-corrected chi connectivity index (χ0v) is 16.8. The first-order valence-corrected chi connectivity index (χ1v) is 11.2. The Balaban J connectivity index is 1.45. The van der Waals surface area contributed by atoms with Crippen molar-refractivity contribution in [1.29, 1.82) is 0 Å². The number of aromatic amines is 1. The second kappa shape index (κ2) is 7.60. The third-order valence-corrected chi connectivity index (χ3v) is 5.29. The maximum Gasteiger partial charge on any atom is 0.230 e. The minimum absolute atomic E-state index is 0.0900. The van der Waals surface area contributed by atoms with Crippen molar-refractivity contribution in [2.75, 3.05) is 16.3 Å². The number of hydrogen-bond donors (Lipinski definition) is 3. The molecule has 0 aliphatic carbocycles. The summed E-state index contributed by atoms with van der Waals surface area (Å²) < 4.78 is 25.1. The topological polar surface area (TPSA) is 130 Å². The summed E-state index contributed by atoms with van der Waals surface area (Å²) in [6, 6.07) is 6.69. The molecule has 1 amide bonds. The molecule has 0 unspecified atom stereocenters.